The van der Waals surface area contributed by atoms with Gasteiger partial charge in [-0.1, -0.05) is 40.9 Å². The summed E-state index contributed by atoms with van der Waals surface area (Å²) in [6.45, 7) is 0.357. The Morgan fingerprint density at radius 1 is 1.00 bits per heavy atom. The molecular weight excluding hydrogens is 319 g/mol. The summed E-state index contributed by atoms with van der Waals surface area (Å²) in [5, 5.41) is 1.65. The SMILES string of the molecule is NNC(COc1ccc(Cl)cc1)c1ccc(Cl)c(Cl)c1. The molecule has 0 heterocycles. The second-order valence-electron chi connectivity index (χ2n) is 4.16. The molecule has 2 aromatic rings. The Morgan fingerprint density at radius 3 is 2.30 bits per heavy atom. The lowest BCUT2D eigenvalue weighted by molar-refractivity contribution is 0.267. The minimum absolute atomic E-state index is 0.194. The van der Waals surface area contributed by atoms with E-state index in [9.17, 15) is 0 Å². The highest BCUT2D eigenvalue weighted by molar-refractivity contribution is 6.42. The van der Waals surface area contributed by atoms with Gasteiger partial charge in [-0.2, -0.15) is 0 Å². The number of rotatable bonds is 5. The van der Waals surface area contributed by atoms with Gasteiger partial charge in [0.1, 0.15) is 12.4 Å². The number of halogens is 3. The van der Waals surface area contributed by atoms with Gasteiger partial charge in [0.15, 0.2) is 0 Å². The number of benzene rings is 2. The number of nitrogens with one attached hydrogen (secondary N) is 1. The topological polar surface area (TPSA) is 47.3 Å². The van der Waals surface area contributed by atoms with Crippen molar-refractivity contribution in [1.82, 2.24) is 5.43 Å². The molecule has 2 aromatic carbocycles. The van der Waals surface area contributed by atoms with Gasteiger partial charge in [-0.05, 0) is 42.0 Å². The van der Waals surface area contributed by atoms with Crippen molar-refractivity contribution >= 4 is 34.8 Å². The molecule has 0 radical (unpaired) electrons. The first kappa shape index (κ1) is 15.4. The molecule has 0 aliphatic carbocycles. The van der Waals surface area contributed by atoms with Gasteiger partial charge >= 0.3 is 0 Å². The molecule has 0 spiro atoms. The molecule has 20 heavy (non-hydrogen) atoms. The van der Waals surface area contributed by atoms with Gasteiger partial charge in [0.25, 0.3) is 0 Å². The van der Waals surface area contributed by atoms with Crippen molar-refractivity contribution in [1.29, 1.82) is 0 Å². The summed E-state index contributed by atoms with van der Waals surface area (Å²) < 4.78 is 5.66. The predicted octanol–water partition coefficient (Wildman–Crippen LogP) is 4.23. The smallest absolute Gasteiger partial charge is 0.119 e. The van der Waals surface area contributed by atoms with Crippen LogP contribution in [-0.2, 0) is 0 Å². The van der Waals surface area contributed by atoms with Gasteiger partial charge in [-0.25, -0.2) is 5.43 Å². The first-order chi connectivity index (χ1) is 9.60. The molecule has 0 bridgehead atoms. The molecule has 3 N–H and O–H groups in total. The van der Waals surface area contributed by atoms with Gasteiger partial charge in [-0.15, -0.1) is 0 Å². The maximum atomic E-state index is 5.99. The van der Waals surface area contributed by atoms with Crippen LogP contribution in [0.2, 0.25) is 15.1 Å². The second kappa shape index (κ2) is 7.16. The largest absolute Gasteiger partial charge is 0.492 e. The fraction of sp³-hybridized carbons (Fsp3) is 0.143. The van der Waals surface area contributed by atoms with E-state index in [4.69, 9.17) is 45.4 Å². The van der Waals surface area contributed by atoms with Crippen LogP contribution in [0.4, 0.5) is 0 Å². The Balaban J connectivity index is 2.05. The third kappa shape index (κ3) is 4.01. The van der Waals surface area contributed by atoms with E-state index in [0.717, 1.165) is 11.3 Å². The van der Waals surface area contributed by atoms with E-state index in [0.29, 0.717) is 21.7 Å². The minimum atomic E-state index is -0.194. The van der Waals surface area contributed by atoms with Crippen LogP contribution < -0.4 is 16.0 Å². The molecule has 1 atom stereocenters. The maximum absolute atomic E-state index is 5.99. The van der Waals surface area contributed by atoms with E-state index in [-0.39, 0.29) is 6.04 Å². The zero-order valence-corrected chi connectivity index (χ0v) is 12.7. The van der Waals surface area contributed by atoms with Crippen LogP contribution in [0.15, 0.2) is 42.5 Å². The summed E-state index contributed by atoms with van der Waals surface area (Å²) in [4.78, 5) is 0. The Bertz CT molecular complexity index is 575. The molecule has 3 nitrogen and oxygen atoms in total. The minimum Gasteiger partial charge on any atom is -0.492 e. The summed E-state index contributed by atoms with van der Waals surface area (Å²) in [6, 6.07) is 12.3. The van der Waals surface area contributed by atoms with Crippen molar-refractivity contribution in [2.75, 3.05) is 6.61 Å². The van der Waals surface area contributed by atoms with Gasteiger partial charge < -0.3 is 4.74 Å². The molecular formula is C14H13Cl3N2O. The Kier molecular flexibility index (Phi) is 5.52. The molecule has 6 heteroatoms. The van der Waals surface area contributed by atoms with Crippen LogP contribution in [0, 0.1) is 0 Å². The number of hydrogen-bond donors (Lipinski definition) is 2. The lowest BCUT2D eigenvalue weighted by Gasteiger charge is -2.17. The standard InChI is InChI=1S/C14H13Cl3N2O/c15-10-2-4-11(5-3-10)20-8-14(19-18)9-1-6-12(16)13(17)7-9/h1-7,14,19H,8,18H2. The van der Waals surface area contributed by atoms with E-state index >= 15 is 0 Å². The van der Waals surface area contributed by atoms with Crippen molar-refractivity contribution in [3.8, 4) is 5.75 Å². The van der Waals surface area contributed by atoms with Crippen molar-refractivity contribution < 1.29 is 4.74 Å². The molecule has 0 saturated carbocycles. The average Bonchev–Trinajstić information content (AvgIpc) is 2.45. The number of ether oxygens (including phenoxy) is 1. The van der Waals surface area contributed by atoms with E-state index in [1.54, 1.807) is 36.4 Å². The molecule has 106 valence electrons. The Hall–Kier alpha value is -0.970. The van der Waals surface area contributed by atoms with Crippen LogP contribution in [0.3, 0.4) is 0 Å². The number of nitrogens with two attached hydrogens (primary N) is 1. The van der Waals surface area contributed by atoms with Crippen LogP contribution in [0.25, 0.3) is 0 Å². The molecule has 0 amide bonds. The molecule has 0 aliphatic heterocycles. The van der Waals surface area contributed by atoms with Gasteiger partial charge in [0, 0.05) is 5.02 Å². The summed E-state index contributed by atoms with van der Waals surface area (Å²) in [5.41, 5.74) is 3.59. The maximum Gasteiger partial charge on any atom is 0.119 e. The molecule has 1 unspecified atom stereocenters. The van der Waals surface area contributed by atoms with Crippen LogP contribution in [-0.4, -0.2) is 6.61 Å². The monoisotopic (exact) mass is 330 g/mol. The highest BCUT2D eigenvalue weighted by Crippen LogP contribution is 2.26. The number of hydrogen-bond acceptors (Lipinski definition) is 3. The van der Waals surface area contributed by atoms with Gasteiger partial charge in [0.2, 0.25) is 0 Å². The van der Waals surface area contributed by atoms with Crippen LogP contribution in [0.1, 0.15) is 11.6 Å². The summed E-state index contributed by atoms with van der Waals surface area (Å²) in [7, 11) is 0. The van der Waals surface area contributed by atoms with Crippen molar-refractivity contribution in [2.24, 2.45) is 5.84 Å². The van der Waals surface area contributed by atoms with Gasteiger partial charge in [0.05, 0.1) is 16.1 Å². The molecule has 2 rings (SSSR count). The first-order valence-electron chi connectivity index (χ1n) is 5.89. The molecule has 0 aromatic heterocycles. The molecule has 0 fully saturated rings. The third-order valence-electron chi connectivity index (χ3n) is 2.78. The summed E-state index contributed by atoms with van der Waals surface area (Å²) in [5.74, 6) is 6.27. The zero-order valence-electron chi connectivity index (χ0n) is 10.4. The van der Waals surface area contributed by atoms with Crippen LogP contribution in [0.5, 0.6) is 5.75 Å². The summed E-state index contributed by atoms with van der Waals surface area (Å²) >= 11 is 17.7. The van der Waals surface area contributed by atoms with Crippen molar-refractivity contribution in [3.63, 3.8) is 0 Å². The fourth-order valence-electron chi connectivity index (χ4n) is 1.68. The van der Waals surface area contributed by atoms with Crippen molar-refractivity contribution in [3.05, 3.63) is 63.1 Å². The highest BCUT2D eigenvalue weighted by Gasteiger charge is 2.12. The van der Waals surface area contributed by atoms with E-state index in [1.165, 1.54) is 0 Å². The van der Waals surface area contributed by atoms with Gasteiger partial charge in [-0.3, -0.25) is 5.84 Å². The quantitative estimate of drug-likeness (QED) is 0.636. The third-order valence-corrected chi connectivity index (χ3v) is 3.77. The summed E-state index contributed by atoms with van der Waals surface area (Å²) in [6.07, 6.45) is 0. The highest BCUT2D eigenvalue weighted by atomic mass is 35.5. The van der Waals surface area contributed by atoms with E-state index < -0.39 is 0 Å². The number of hydrazine groups is 1. The van der Waals surface area contributed by atoms with Crippen LogP contribution >= 0.6 is 34.8 Å². The lowest BCUT2D eigenvalue weighted by Crippen LogP contribution is -2.32. The van der Waals surface area contributed by atoms with E-state index in [2.05, 4.69) is 5.43 Å². The second-order valence-corrected chi connectivity index (χ2v) is 5.41. The Morgan fingerprint density at radius 2 is 1.70 bits per heavy atom. The average molecular weight is 332 g/mol. The lowest BCUT2D eigenvalue weighted by atomic mass is 10.1. The zero-order chi connectivity index (χ0) is 14.5. The first-order valence-corrected chi connectivity index (χ1v) is 7.03. The Labute approximate surface area is 132 Å². The van der Waals surface area contributed by atoms with Crippen molar-refractivity contribution in [2.45, 2.75) is 6.04 Å². The predicted molar refractivity (Wildman–Crippen MR) is 83.5 cm³/mol. The van der Waals surface area contributed by atoms with E-state index in [1.807, 2.05) is 6.07 Å². The molecule has 0 aliphatic rings. The normalized spacial score (nSPS) is 12.2. The molecule has 0 saturated heterocycles. The fourth-order valence-corrected chi connectivity index (χ4v) is 2.11.